The van der Waals surface area contributed by atoms with Gasteiger partial charge in [-0.05, 0) is 24.3 Å². The molecule has 0 aliphatic rings. The molecule has 3 rings (SSSR count). The third-order valence-corrected chi connectivity index (χ3v) is 4.95. The first-order valence-corrected chi connectivity index (χ1v) is 8.88. The predicted molar refractivity (Wildman–Crippen MR) is 99.5 cm³/mol. The van der Waals surface area contributed by atoms with Crippen LogP contribution in [-0.4, -0.2) is 23.0 Å². The number of aromatic nitrogens is 2. The Balaban J connectivity index is 1.74. The molecule has 0 saturated heterocycles. The maximum absolute atomic E-state index is 12.5. The molecule has 0 radical (unpaired) electrons. The van der Waals surface area contributed by atoms with Crippen molar-refractivity contribution in [2.75, 3.05) is 7.11 Å². The second-order valence-corrected chi connectivity index (χ2v) is 6.67. The number of amides is 1. The van der Waals surface area contributed by atoms with Crippen molar-refractivity contribution in [1.29, 1.82) is 0 Å². The molecule has 0 atom stereocenters. The molecule has 1 N–H and O–H groups in total. The minimum Gasteiger partial charge on any atom is -0.494 e. The monoisotopic (exact) mass is 393 g/mol. The lowest BCUT2D eigenvalue weighted by Crippen LogP contribution is -2.24. The van der Waals surface area contributed by atoms with Gasteiger partial charge < -0.3 is 10.1 Å². The van der Waals surface area contributed by atoms with Crippen molar-refractivity contribution in [3.8, 4) is 16.3 Å². The molecule has 0 aliphatic heterocycles. The molecule has 128 valence electrons. The number of halogens is 2. The minimum atomic E-state index is -0.372. The lowest BCUT2D eigenvalue weighted by atomic mass is 10.2. The highest BCUT2D eigenvalue weighted by Crippen LogP contribution is 2.33. The number of carbonyl (C=O) groups is 1. The Morgan fingerprint density at radius 1 is 1.20 bits per heavy atom. The van der Waals surface area contributed by atoms with Crippen molar-refractivity contribution >= 4 is 40.4 Å². The maximum atomic E-state index is 12.5. The molecule has 0 unspecified atom stereocenters. The summed E-state index contributed by atoms with van der Waals surface area (Å²) >= 11 is 13.7. The van der Waals surface area contributed by atoms with Crippen molar-refractivity contribution < 1.29 is 9.53 Å². The second-order valence-electron chi connectivity index (χ2n) is 5.00. The average molecular weight is 394 g/mol. The number of carbonyl (C=O) groups excluding carboxylic acids is 1. The molecule has 2 heterocycles. The minimum absolute atomic E-state index is 0.209. The summed E-state index contributed by atoms with van der Waals surface area (Å²) in [6.07, 6.45) is 3.43. The summed E-state index contributed by atoms with van der Waals surface area (Å²) in [7, 11) is 1.44. The first kappa shape index (κ1) is 17.7. The highest BCUT2D eigenvalue weighted by Gasteiger charge is 2.19. The number of benzene rings is 1. The topological polar surface area (TPSA) is 64.1 Å². The summed E-state index contributed by atoms with van der Waals surface area (Å²) in [6, 6.07) is 6.92. The Morgan fingerprint density at radius 3 is 2.64 bits per heavy atom. The van der Waals surface area contributed by atoms with Gasteiger partial charge in [-0.25, -0.2) is 4.98 Å². The van der Waals surface area contributed by atoms with E-state index in [0.717, 1.165) is 16.3 Å². The smallest absolute Gasteiger partial charge is 0.256 e. The third kappa shape index (κ3) is 3.92. The zero-order chi connectivity index (χ0) is 17.8. The van der Waals surface area contributed by atoms with Crippen LogP contribution in [0.5, 0.6) is 5.75 Å². The lowest BCUT2D eigenvalue weighted by molar-refractivity contribution is 0.0947. The van der Waals surface area contributed by atoms with Crippen LogP contribution >= 0.6 is 34.5 Å². The predicted octanol–water partition coefficient (Wildman–Crippen LogP) is 4.45. The fourth-order valence-corrected chi connectivity index (χ4v) is 3.51. The van der Waals surface area contributed by atoms with E-state index in [9.17, 15) is 4.79 Å². The van der Waals surface area contributed by atoms with Crippen molar-refractivity contribution in [3.05, 3.63) is 63.3 Å². The van der Waals surface area contributed by atoms with E-state index in [4.69, 9.17) is 27.9 Å². The number of thiazole rings is 1. The average Bonchev–Trinajstić information content (AvgIpc) is 3.11. The van der Waals surface area contributed by atoms with E-state index in [0.29, 0.717) is 5.02 Å². The summed E-state index contributed by atoms with van der Waals surface area (Å²) in [4.78, 5) is 21.0. The number of methoxy groups -OCH3 is 1. The van der Waals surface area contributed by atoms with Crippen LogP contribution in [0.3, 0.4) is 0 Å². The molecule has 3 aromatic rings. The van der Waals surface area contributed by atoms with Crippen molar-refractivity contribution in [2.45, 2.75) is 6.54 Å². The molecule has 25 heavy (non-hydrogen) atoms. The van der Waals surface area contributed by atoms with Crippen LogP contribution < -0.4 is 10.1 Å². The van der Waals surface area contributed by atoms with Gasteiger partial charge in [0.15, 0.2) is 5.75 Å². The van der Waals surface area contributed by atoms with E-state index in [2.05, 4.69) is 15.3 Å². The molecule has 8 heteroatoms. The van der Waals surface area contributed by atoms with E-state index in [1.807, 2.05) is 17.5 Å². The molecule has 0 aliphatic carbocycles. The fourth-order valence-electron chi connectivity index (χ4n) is 2.22. The number of nitrogens with zero attached hydrogens (tertiary/aromatic N) is 2. The highest BCUT2D eigenvalue weighted by atomic mass is 35.5. The standard InChI is InChI=1S/C17H13Cl2N3O2S/c1-24-15-13(19)3-2-12(18)14(15)16(23)21-8-11-9-25-17(22-11)10-4-6-20-7-5-10/h2-7,9H,8H2,1H3,(H,21,23). The van der Waals surface area contributed by atoms with Crippen molar-refractivity contribution in [2.24, 2.45) is 0 Å². The van der Waals surface area contributed by atoms with Gasteiger partial charge in [-0.1, -0.05) is 23.2 Å². The van der Waals surface area contributed by atoms with Crippen molar-refractivity contribution in [3.63, 3.8) is 0 Å². The summed E-state index contributed by atoms with van der Waals surface area (Å²) in [5, 5.41) is 6.15. The molecule has 1 aromatic carbocycles. The number of ether oxygens (including phenoxy) is 1. The maximum Gasteiger partial charge on any atom is 0.256 e. The summed E-state index contributed by atoms with van der Waals surface area (Å²) in [5.74, 6) is -0.120. The zero-order valence-electron chi connectivity index (χ0n) is 13.1. The molecule has 2 aromatic heterocycles. The molecule has 0 fully saturated rings. The van der Waals surface area contributed by atoms with Gasteiger partial charge >= 0.3 is 0 Å². The highest BCUT2D eigenvalue weighted by molar-refractivity contribution is 7.13. The largest absolute Gasteiger partial charge is 0.494 e. The van der Waals surface area contributed by atoms with Crippen molar-refractivity contribution in [1.82, 2.24) is 15.3 Å². The molecule has 0 bridgehead atoms. The van der Waals surface area contributed by atoms with Crippen LogP contribution in [0.2, 0.25) is 10.0 Å². The molecule has 5 nitrogen and oxygen atoms in total. The second kappa shape index (κ2) is 7.82. The van der Waals surface area contributed by atoms with E-state index < -0.39 is 0 Å². The Hall–Kier alpha value is -2.15. The Labute approximate surface area is 158 Å². The third-order valence-electron chi connectivity index (χ3n) is 3.40. The molecule has 1 amide bonds. The first-order valence-electron chi connectivity index (χ1n) is 7.25. The number of rotatable bonds is 5. The number of nitrogens with one attached hydrogen (secondary N) is 1. The van der Waals surface area contributed by atoms with Crippen LogP contribution in [0.1, 0.15) is 16.1 Å². The zero-order valence-corrected chi connectivity index (χ0v) is 15.5. The van der Waals surface area contributed by atoms with Crippen LogP contribution in [-0.2, 0) is 6.54 Å². The summed E-state index contributed by atoms with van der Waals surface area (Å²) < 4.78 is 5.20. The first-order chi connectivity index (χ1) is 12.1. The van der Waals surface area contributed by atoms with Crippen LogP contribution in [0.4, 0.5) is 0 Å². The Kier molecular flexibility index (Phi) is 5.53. The van der Waals surface area contributed by atoms with Gasteiger partial charge in [0, 0.05) is 23.3 Å². The fraction of sp³-hybridized carbons (Fsp3) is 0.118. The van der Waals surface area contributed by atoms with Crippen LogP contribution in [0.25, 0.3) is 10.6 Å². The number of hydrogen-bond acceptors (Lipinski definition) is 5. The van der Waals surface area contributed by atoms with Gasteiger partial charge in [-0.2, -0.15) is 0 Å². The van der Waals surface area contributed by atoms with Gasteiger partial charge in [-0.3, -0.25) is 9.78 Å². The summed E-state index contributed by atoms with van der Waals surface area (Å²) in [6.45, 7) is 0.270. The summed E-state index contributed by atoms with van der Waals surface area (Å²) in [5.41, 5.74) is 1.95. The SMILES string of the molecule is COc1c(Cl)ccc(Cl)c1C(=O)NCc1csc(-c2ccncc2)n1. The molecule has 0 spiro atoms. The number of pyridine rings is 1. The Morgan fingerprint density at radius 2 is 1.92 bits per heavy atom. The Bertz CT molecular complexity index is 900. The molecular weight excluding hydrogens is 381 g/mol. The van der Waals surface area contributed by atoms with Crippen LogP contribution in [0.15, 0.2) is 42.0 Å². The van der Waals surface area contributed by atoms with E-state index in [-0.39, 0.29) is 28.8 Å². The van der Waals surface area contributed by atoms with Gasteiger partial charge in [0.25, 0.3) is 5.91 Å². The van der Waals surface area contributed by atoms with E-state index in [1.165, 1.54) is 18.4 Å². The van der Waals surface area contributed by atoms with E-state index in [1.54, 1.807) is 24.5 Å². The molecular formula is C17H13Cl2N3O2S. The van der Waals surface area contributed by atoms with Gasteiger partial charge in [0.2, 0.25) is 0 Å². The molecule has 0 saturated carbocycles. The van der Waals surface area contributed by atoms with E-state index >= 15 is 0 Å². The van der Waals surface area contributed by atoms with Gasteiger partial charge in [0.1, 0.15) is 10.6 Å². The number of hydrogen-bond donors (Lipinski definition) is 1. The lowest BCUT2D eigenvalue weighted by Gasteiger charge is -2.11. The normalized spacial score (nSPS) is 10.5. The van der Waals surface area contributed by atoms with Crippen LogP contribution in [0, 0.1) is 0 Å². The van der Waals surface area contributed by atoms with Gasteiger partial charge in [0.05, 0.1) is 29.4 Å². The quantitative estimate of drug-likeness (QED) is 0.695. The van der Waals surface area contributed by atoms with Gasteiger partial charge in [-0.15, -0.1) is 11.3 Å².